The summed E-state index contributed by atoms with van der Waals surface area (Å²) in [6.07, 6.45) is -0.353. The number of carbonyl (C=O) groups excluding carboxylic acids is 1. The van der Waals surface area contributed by atoms with Gasteiger partial charge in [-0.1, -0.05) is 11.6 Å². The van der Waals surface area contributed by atoms with Gasteiger partial charge in [-0.25, -0.2) is 0 Å². The number of ether oxygens (including phenoxy) is 2. The zero-order valence-corrected chi connectivity index (χ0v) is 12.2. The minimum absolute atomic E-state index is 0.0438. The third kappa shape index (κ3) is 4.70. The summed E-state index contributed by atoms with van der Waals surface area (Å²) in [7, 11) is 3.17. The molecule has 0 bridgehead atoms. The van der Waals surface area contributed by atoms with E-state index in [2.05, 4.69) is 10.6 Å². The SMILES string of the molecule is COC(OC)C(C)Nc1ccc(NC(C)=O)c(Cl)c1. The second-order valence-corrected chi connectivity index (χ2v) is 4.56. The number of halogens is 1. The molecule has 1 aromatic carbocycles. The van der Waals surface area contributed by atoms with Crippen molar-refractivity contribution in [3.05, 3.63) is 23.2 Å². The number of anilines is 2. The zero-order valence-electron chi connectivity index (χ0n) is 11.5. The first-order valence-corrected chi connectivity index (χ1v) is 6.25. The van der Waals surface area contributed by atoms with Crippen molar-refractivity contribution < 1.29 is 14.3 Å². The average molecular weight is 287 g/mol. The highest BCUT2D eigenvalue weighted by Crippen LogP contribution is 2.26. The van der Waals surface area contributed by atoms with Crippen molar-refractivity contribution in [2.75, 3.05) is 24.9 Å². The Hall–Kier alpha value is -1.30. The van der Waals surface area contributed by atoms with Crippen molar-refractivity contribution in [2.24, 2.45) is 0 Å². The van der Waals surface area contributed by atoms with Crippen molar-refractivity contribution in [1.82, 2.24) is 0 Å². The van der Waals surface area contributed by atoms with Gasteiger partial charge in [0.05, 0.1) is 16.8 Å². The highest BCUT2D eigenvalue weighted by molar-refractivity contribution is 6.34. The van der Waals surface area contributed by atoms with Gasteiger partial charge < -0.3 is 20.1 Å². The first-order chi connectivity index (χ1) is 8.97. The number of carbonyl (C=O) groups is 1. The molecule has 0 aliphatic rings. The van der Waals surface area contributed by atoms with Gasteiger partial charge in [-0.15, -0.1) is 0 Å². The standard InChI is InChI=1S/C13H19ClN2O3/c1-8(13(18-3)19-4)15-10-5-6-12(11(14)7-10)16-9(2)17/h5-8,13,15H,1-4H3,(H,16,17). The molecule has 5 nitrogen and oxygen atoms in total. The maximum atomic E-state index is 11.0. The molecule has 0 radical (unpaired) electrons. The quantitative estimate of drug-likeness (QED) is 0.790. The lowest BCUT2D eigenvalue weighted by molar-refractivity contribution is -0.114. The molecule has 1 aromatic rings. The predicted octanol–water partition coefficient (Wildman–Crippen LogP) is 2.72. The molecule has 0 fully saturated rings. The molecule has 0 spiro atoms. The van der Waals surface area contributed by atoms with E-state index in [4.69, 9.17) is 21.1 Å². The fourth-order valence-electron chi connectivity index (χ4n) is 1.73. The van der Waals surface area contributed by atoms with Gasteiger partial charge in [0.25, 0.3) is 0 Å². The minimum Gasteiger partial charge on any atom is -0.377 e. The molecule has 106 valence electrons. The molecule has 0 aliphatic heterocycles. The molecule has 0 saturated carbocycles. The molecule has 0 aromatic heterocycles. The highest BCUT2D eigenvalue weighted by atomic mass is 35.5. The van der Waals surface area contributed by atoms with Crippen LogP contribution in [0.1, 0.15) is 13.8 Å². The van der Waals surface area contributed by atoms with Crippen LogP contribution in [0, 0.1) is 0 Å². The van der Waals surface area contributed by atoms with Gasteiger partial charge in [0, 0.05) is 26.8 Å². The third-order valence-corrected chi connectivity index (χ3v) is 2.86. The summed E-state index contributed by atoms with van der Waals surface area (Å²) >= 11 is 6.09. The molecular weight excluding hydrogens is 268 g/mol. The van der Waals surface area contributed by atoms with Gasteiger partial charge in [-0.2, -0.15) is 0 Å². The summed E-state index contributed by atoms with van der Waals surface area (Å²) in [5.74, 6) is -0.158. The number of nitrogens with one attached hydrogen (secondary N) is 2. The van der Waals surface area contributed by atoms with Gasteiger partial charge >= 0.3 is 0 Å². The summed E-state index contributed by atoms with van der Waals surface area (Å²) in [4.78, 5) is 11.0. The van der Waals surface area contributed by atoms with E-state index < -0.39 is 0 Å². The van der Waals surface area contributed by atoms with Crippen molar-refractivity contribution in [3.8, 4) is 0 Å². The van der Waals surface area contributed by atoms with Crippen LogP contribution in [0.2, 0.25) is 5.02 Å². The van der Waals surface area contributed by atoms with Crippen molar-refractivity contribution in [2.45, 2.75) is 26.2 Å². The van der Waals surface area contributed by atoms with E-state index >= 15 is 0 Å². The number of benzene rings is 1. The maximum absolute atomic E-state index is 11.0. The van der Waals surface area contributed by atoms with E-state index in [9.17, 15) is 4.79 Å². The second kappa shape index (κ2) is 7.33. The van der Waals surface area contributed by atoms with Gasteiger partial charge in [-0.05, 0) is 25.1 Å². The van der Waals surface area contributed by atoms with Gasteiger partial charge in [-0.3, -0.25) is 4.79 Å². The average Bonchev–Trinajstić information content (AvgIpc) is 2.33. The van der Waals surface area contributed by atoms with Gasteiger partial charge in [0.15, 0.2) is 6.29 Å². The normalized spacial score (nSPS) is 12.3. The minimum atomic E-state index is -0.353. The Bertz CT molecular complexity index is 436. The lowest BCUT2D eigenvalue weighted by Gasteiger charge is -2.23. The van der Waals surface area contributed by atoms with E-state index in [1.807, 2.05) is 13.0 Å². The molecule has 2 N–H and O–H groups in total. The van der Waals surface area contributed by atoms with Crippen LogP contribution in [0.5, 0.6) is 0 Å². The van der Waals surface area contributed by atoms with Crippen LogP contribution in [-0.4, -0.2) is 32.5 Å². The Morgan fingerprint density at radius 1 is 1.32 bits per heavy atom. The Labute approximate surface area is 118 Å². The van der Waals surface area contributed by atoms with E-state index in [0.717, 1.165) is 5.69 Å². The van der Waals surface area contributed by atoms with E-state index in [1.54, 1.807) is 26.4 Å². The number of hydrogen-bond acceptors (Lipinski definition) is 4. The molecule has 0 heterocycles. The fraction of sp³-hybridized carbons (Fsp3) is 0.462. The van der Waals surface area contributed by atoms with Crippen LogP contribution in [0.25, 0.3) is 0 Å². The lowest BCUT2D eigenvalue weighted by atomic mass is 10.2. The van der Waals surface area contributed by atoms with Crippen LogP contribution < -0.4 is 10.6 Å². The van der Waals surface area contributed by atoms with Crippen LogP contribution in [0.15, 0.2) is 18.2 Å². The molecule has 1 atom stereocenters. The summed E-state index contributed by atoms with van der Waals surface area (Å²) in [5, 5.41) is 6.34. The van der Waals surface area contributed by atoms with Crippen LogP contribution in [0.4, 0.5) is 11.4 Å². The largest absolute Gasteiger partial charge is 0.377 e. The molecule has 1 rings (SSSR count). The highest BCUT2D eigenvalue weighted by Gasteiger charge is 2.15. The van der Waals surface area contributed by atoms with E-state index in [0.29, 0.717) is 10.7 Å². The Balaban J connectivity index is 2.75. The predicted molar refractivity (Wildman–Crippen MR) is 76.6 cm³/mol. The Kier molecular flexibility index (Phi) is 6.08. The van der Waals surface area contributed by atoms with Crippen LogP contribution in [0.3, 0.4) is 0 Å². The van der Waals surface area contributed by atoms with E-state index in [1.165, 1.54) is 6.92 Å². The maximum Gasteiger partial charge on any atom is 0.221 e. The summed E-state index contributed by atoms with van der Waals surface area (Å²) in [6, 6.07) is 5.27. The topological polar surface area (TPSA) is 59.6 Å². The van der Waals surface area contributed by atoms with Gasteiger partial charge in [0.2, 0.25) is 5.91 Å². The number of hydrogen-bond donors (Lipinski definition) is 2. The third-order valence-electron chi connectivity index (χ3n) is 2.55. The monoisotopic (exact) mass is 286 g/mol. The van der Waals surface area contributed by atoms with Crippen molar-refractivity contribution >= 4 is 28.9 Å². The summed E-state index contributed by atoms with van der Waals surface area (Å²) in [5.41, 5.74) is 1.41. The van der Waals surface area contributed by atoms with Crippen LogP contribution in [-0.2, 0) is 14.3 Å². The number of amides is 1. The number of methoxy groups -OCH3 is 2. The molecule has 19 heavy (non-hydrogen) atoms. The van der Waals surface area contributed by atoms with E-state index in [-0.39, 0.29) is 18.2 Å². The van der Waals surface area contributed by atoms with Crippen LogP contribution >= 0.6 is 11.6 Å². The Morgan fingerprint density at radius 3 is 2.42 bits per heavy atom. The lowest BCUT2D eigenvalue weighted by Crippen LogP contribution is -2.33. The van der Waals surface area contributed by atoms with Crippen molar-refractivity contribution in [3.63, 3.8) is 0 Å². The number of rotatable bonds is 6. The van der Waals surface area contributed by atoms with Gasteiger partial charge in [0.1, 0.15) is 0 Å². The summed E-state index contributed by atoms with van der Waals surface area (Å²) < 4.78 is 10.3. The molecule has 0 saturated heterocycles. The summed E-state index contributed by atoms with van der Waals surface area (Å²) in [6.45, 7) is 3.37. The molecular formula is C13H19ClN2O3. The first kappa shape index (κ1) is 15.8. The zero-order chi connectivity index (χ0) is 14.4. The second-order valence-electron chi connectivity index (χ2n) is 4.15. The molecule has 6 heteroatoms. The molecule has 0 aliphatic carbocycles. The smallest absolute Gasteiger partial charge is 0.221 e. The molecule has 1 amide bonds. The fourth-order valence-corrected chi connectivity index (χ4v) is 1.96. The van der Waals surface area contributed by atoms with Crippen molar-refractivity contribution in [1.29, 1.82) is 0 Å². The molecule has 1 unspecified atom stereocenters. The Morgan fingerprint density at radius 2 is 1.95 bits per heavy atom. The first-order valence-electron chi connectivity index (χ1n) is 5.87.